The van der Waals surface area contributed by atoms with E-state index in [0.717, 1.165) is 25.7 Å². The summed E-state index contributed by atoms with van der Waals surface area (Å²) in [7, 11) is 1.79. The van der Waals surface area contributed by atoms with E-state index in [9.17, 15) is 9.90 Å². The molecule has 3 aliphatic rings. The standard InChI is InChI=1S/C21H34O3/c1-7-19(4)12-16(22)20(5)13(2)8-10-21(14(3)18(19)23)11-9-15(24-6)17(20)21/h7,13-17,22H,1,8-12H2,2-6H3/t13-,14+,15-,16-,17-,19-,20+,21-/m1/s1. The molecular weight excluding hydrogens is 300 g/mol. The molecule has 3 nitrogen and oxygen atoms in total. The first-order chi connectivity index (χ1) is 11.2. The van der Waals surface area contributed by atoms with Crippen molar-refractivity contribution >= 4 is 5.78 Å². The molecule has 8 atom stereocenters. The van der Waals surface area contributed by atoms with Crippen LogP contribution in [0.3, 0.4) is 0 Å². The van der Waals surface area contributed by atoms with Crippen LogP contribution in [0.1, 0.15) is 59.8 Å². The van der Waals surface area contributed by atoms with Crippen LogP contribution in [0.15, 0.2) is 12.7 Å². The third kappa shape index (κ3) is 2.07. The van der Waals surface area contributed by atoms with E-state index in [1.54, 1.807) is 13.2 Å². The van der Waals surface area contributed by atoms with Crippen molar-refractivity contribution in [1.29, 1.82) is 0 Å². The van der Waals surface area contributed by atoms with Gasteiger partial charge in [-0.25, -0.2) is 0 Å². The number of carbonyl (C=O) groups excluding carboxylic acids is 1. The number of aliphatic hydroxyl groups excluding tert-OH is 1. The third-order valence-electron chi connectivity index (χ3n) is 8.57. The number of Topliss-reactive ketones (excluding diaryl/α,β-unsaturated/α-hetero) is 1. The second-order valence-electron chi connectivity index (χ2n) is 9.26. The number of hydrogen-bond acceptors (Lipinski definition) is 3. The summed E-state index contributed by atoms with van der Waals surface area (Å²) in [6.45, 7) is 12.6. The van der Waals surface area contributed by atoms with E-state index in [4.69, 9.17) is 4.74 Å². The van der Waals surface area contributed by atoms with Crippen LogP contribution in [-0.2, 0) is 9.53 Å². The zero-order valence-corrected chi connectivity index (χ0v) is 16.0. The summed E-state index contributed by atoms with van der Waals surface area (Å²) in [5.74, 6) is 0.929. The molecule has 24 heavy (non-hydrogen) atoms. The molecule has 3 rings (SSSR count). The van der Waals surface area contributed by atoms with Gasteiger partial charge in [-0.05, 0) is 56.3 Å². The molecule has 0 spiro atoms. The molecule has 0 heterocycles. The van der Waals surface area contributed by atoms with Crippen LogP contribution in [0.5, 0.6) is 0 Å². The lowest BCUT2D eigenvalue weighted by Crippen LogP contribution is -2.62. The van der Waals surface area contributed by atoms with E-state index < -0.39 is 11.5 Å². The summed E-state index contributed by atoms with van der Waals surface area (Å²) in [6.07, 6.45) is 6.08. The second-order valence-corrected chi connectivity index (χ2v) is 9.26. The Morgan fingerprint density at radius 3 is 2.46 bits per heavy atom. The average molecular weight is 334 g/mol. The molecule has 3 saturated carbocycles. The molecule has 0 unspecified atom stereocenters. The van der Waals surface area contributed by atoms with Gasteiger partial charge in [-0.15, -0.1) is 6.58 Å². The lowest BCUT2D eigenvalue weighted by molar-refractivity contribution is -0.188. The van der Waals surface area contributed by atoms with Crippen LogP contribution in [-0.4, -0.2) is 30.2 Å². The van der Waals surface area contributed by atoms with Crippen molar-refractivity contribution in [2.75, 3.05) is 7.11 Å². The summed E-state index contributed by atoms with van der Waals surface area (Å²) in [5, 5.41) is 11.3. The fourth-order valence-electron chi connectivity index (χ4n) is 6.66. The number of ether oxygens (including phenoxy) is 1. The largest absolute Gasteiger partial charge is 0.392 e. The average Bonchev–Trinajstić information content (AvgIpc) is 2.96. The first kappa shape index (κ1) is 18.1. The summed E-state index contributed by atoms with van der Waals surface area (Å²) in [4.78, 5) is 13.4. The fourth-order valence-corrected chi connectivity index (χ4v) is 6.66. The Morgan fingerprint density at radius 2 is 1.88 bits per heavy atom. The van der Waals surface area contributed by atoms with Gasteiger partial charge >= 0.3 is 0 Å². The van der Waals surface area contributed by atoms with Crippen molar-refractivity contribution in [3.05, 3.63) is 12.7 Å². The van der Waals surface area contributed by atoms with Crippen molar-refractivity contribution in [1.82, 2.24) is 0 Å². The van der Waals surface area contributed by atoms with E-state index in [0.29, 0.717) is 12.3 Å². The Balaban J connectivity index is 2.21. The van der Waals surface area contributed by atoms with Gasteiger partial charge in [0, 0.05) is 23.9 Å². The van der Waals surface area contributed by atoms with Crippen LogP contribution >= 0.6 is 0 Å². The van der Waals surface area contributed by atoms with Gasteiger partial charge < -0.3 is 9.84 Å². The van der Waals surface area contributed by atoms with Gasteiger partial charge in [-0.1, -0.05) is 26.8 Å². The fraction of sp³-hybridized carbons (Fsp3) is 0.857. The van der Waals surface area contributed by atoms with Gasteiger partial charge in [0.05, 0.1) is 12.2 Å². The summed E-state index contributed by atoms with van der Waals surface area (Å²) in [6, 6.07) is 0. The molecule has 1 N–H and O–H groups in total. The predicted molar refractivity (Wildman–Crippen MR) is 95.6 cm³/mol. The molecule has 0 aliphatic heterocycles. The molecule has 3 heteroatoms. The minimum Gasteiger partial charge on any atom is -0.392 e. The van der Waals surface area contributed by atoms with Crippen molar-refractivity contribution in [2.45, 2.75) is 72.0 Å². The molecule has 0 saturated heterocycles. The number of allylic oxidation sites excluding steroid dienone is 1. The molecule has 0 aromatic carbocycles. The highest BCUT2D eigenvalue weighted by molar-refractivity contribution is 5.89. The normalized spacial score (nSPS) is 54.8. The van der Waals surface area contributed by atoms with Gasteiger partial charge in [-0.3, -0.25) is 4.79 Å². The smallest absolute Gasteiger partial charge is 0.145 e. The number of rotatable bonds is 2. The van der Waals surface area contributed by atoms with Crippen molar-refractivity contribution in [2.24, 2.45) is 34.0 Å². The summed E-state index contributed by atoms with van der Waals surface area (Å²) >= 11 is 0. The number of hydrogen-bond donors (Lipinski definition) is 1. The van der Waals surface area contributed by atoms with Gasteiger partial charge in [-0.2, -0.15) is 0 Å². The predicted octanol–water partition coefficient (Wildman–Crippen LogP) is 4.00. The first-order valence-electron chi connectivity index (χ1n) is 9.56. The Bertz CT molecular complexity index is 543. The zero-order valence-electron chi connectivity index (χ0n) is 16.0. The highest BCUT2D eigenvalue weighted by atomic mass is 16.5. The van der Waals surface area contributed by atoms with Crippen LogP contribution in [0, 0.1) is 34.0 Å². The van der Waals surface area contributed by atoms with E-state index in [1.807, 2.05) is 6.92 Å². The maximum atomic E-state index is 13.4. The molecule has 3 fully saturated rings. The highest BCUT2D eigenvalue weighted by Crippen LogP contribution is 2.68. The Kier molecular flexibility index (Phi) is 4.28. The monoisotopic (exact) mass is 334 g/mol. The number of carbonyl (C=O) groups is 1. The molecular formula is C21H34O3. The SMILES string of the molecule is C=C[C@]1(C)C[C@@H](O)[C@]2(C)[C@H](C)CC[C@@]3(CC[C@@H](OC)[C@@H]32)[C@@H](C)C1=O. The van der Waals surface area contributed by atoms with Gasteiger partial charge in [0.1, 0.15) is 5.78 Å². The number of ketones is 1. The minimum atomic E-state index is -0.639. The third-order valence-corrected chi connectivity index (χ3v) is 8.57. The molecule has 0 aromatic heterocycles. The molecule has 0 radical (unpaired) electrons. The van der Waals surface area contributed by atoms with Crippen LogP contribution in [0.4, 0.5) is 0 Å². The quantitative estimate of drug-likeness (QED) is 0.777. The van der Waals surface area contributed by atoms with E-state index in [-0.39, 0.29) is 34.6 Å². The topological polar surface area (TPSA) is 46.5 Å². The van der Waals surface area contributed by atoms with Crippen molar-refractivity contribution < 1.29 is 14.6 Å². The van der Waals surface area contributed by atoms with E-state index in [1.165, 1.54) is 0 Å². The van der Waals surface area contributed by atoms with E-state index in [2.05, 4.69) is 27.4 Å². The van der Waals surface area contributed by atoms with Crippen LogP contribution in [0.25, 0.3) is 0 Å². The number of methoxy groups -OCH3 is 1. The number of aliphatic hydroxyl groups is 1. The summed E-state index contributed by atoms with van der Waals surface area (Å²) in [5.41, 5.74) is -0.889. The first-order valence-corrected chi connectivity index (χ1v) is 9.56. The molecule has 3 aliphatic carbocycles. The van der Waals surface area contributed by atoms with Gasteiger partial charge in [0.25, 0.3) is 0 Å². The second kappa shape index (κ2) is 5.67. The van der Waals surface area contributed by atoms with Crippen molar-refractivity contribution in [3.8, 4) is 0 Å². The zero-order chi connectivity index (χ0) is 17.9. The molecule has 136 valence electrons. The molecule has 0 amide bonds. The minimum absolute atomic E-state index is 0.00928. The maximum Gasteiger partial charge on any atom is 0.145 e. The van der Waals surface area contributed by atoms with Gasteiger partial charge in [0.15, 0.2) is 0 Å². The van der Waals surface area contributed by atoms with Crippen molar-refractivity contribution in [3.63, 3.8) is 0 Å². The lowest BCUT2D eigenvalue weighted by Gasteiger charge is -2.61. The molecule has 2 bridgehead atoms. The van der Waals surface area contributed by atoms with Crippen LogP contribution < -0.4 is 0 Å². The Morgan fingerprint density at radius 1 is 1.25 bits per heavy atom. The van der Waals surface area contributed by atoms with Gasteiger partial charge in [0.2, 0.25) is 0 Å². The Hall–Kier alpha value is -0.670. The molecule has 0 aromatic rings. The summed E-state index contributed by atoms with van der Waals surface area (Å²) < 4.78 is 5.89. The Labute approximate surface area is 146 Å². The highest BCUT2D eigenvalue weighted by Gasteiger charge is 2.67. The maximum absolute atomic E-state index is 13.4. The van der Waals surface area contributed by atoms with Crippen LogP contribution in [0.2, 0.25) is 0 Å². The lowest BCUT2D eigenvalue weighted by atomic mass is 9.44. The van der Waals surface area contributed by atoms with E-state index >= 15 is 0 Å².